The molecule has 1 N–H and O–H groups in total. The lowest BCUT2D eigenvalue weighted by atomic mass is 9.47. The monoisotopic (exact) mass is 304 g/mol. The second kappa shape index (κ2) is 5.49. The minimum Gasteiger partial charge on any atom is -0.392 e. The third kappa shape index (κ3) is 2.22. The Labute approximate surface area is 135 Å². The van der Waals surface area contributed by atoms with E-state index in [0.29, 0.717) is 11.8 Å². The highest BCUT2D eigenvalue weighted by molar-refractivity contribution is 5.35. The van der Waals surface area contributed by atoms with Gasteiger partial charge in [-0.2, -0.15) is 0 Å². The average Bonchev–Trinajstić information content (AvgIpc) is 2.44. The minimum atomic E-state index is -0.236. The number of fused-ring (bicyclic) bond motifs is 2. The summed E-state index contributed by atoms with van der Waals surface area (Å²) in [5.41, 5.74) is 3.38. The third-order valence-electron chi connectivity index (χ3n) is 6.95. The molecule has 0 aliphatic heterocycles. The zero-order valence-electron chi connectivity index (χ0n) is 14.7. The summed E-state index contributed by atoms with van der Waals surface area (Å²) in [5.74, 6) is 0.776. The first kappa shape index (κ1) is 16.3. The SMILES string of the molecule is C=C[C@H]1CCC2=C(C[C@@H](O)[C@@H]3C(C)(C)CCC[C@@]23C)[C@@H]1OC. The second-order valence-electron chi connectivity index (χ2n) is 8.61. The van der Waals surface area contributed by atoms with Crippen LogP contribution in [0.1, 0.15) is 59.3 Å². The Hall–Kier alpha value is -0.600. The summed E-state index contributed by atoms with van der Waals surface area (Å²) in [4.78, 5) is 0. The topological polar surface area (TPSA) is 29.5 Å². The van der Waals surface area contributed by atoms with E-state index in [0.717, 1.165) is 19.3 Å². The highest BCUT2D eigenvalue weighted by Gasteiger charge is 2.55. The van der Waals surface area contributed by atoms with Crippen molar-refractivity contribution >= 4 is 0 Å². The lowest BCUT2D eigenvalue weighted by Crippen LogP contribution is -2.54. The molecular weight excluding hydrogens is 272 g/mol. The molecule has 0 aromatic heterocycles. The minimum absolute atomic E-state index is 0.124. The van der Waals surface area contributed by atoms with Crippen molar-refractivity contribution in [3.8, 4) is 0 Å². The van der Waals surface area contributed by atoms with Crippen LogP contribution in [-0.2, 0) is 4.74 Å². The van der Waals surface area contributed by atoms with Crippen LogP contribution in [0.15, 0.2) is 23.8 Å². The largest absolute Gasteiger partial charge is 0.392 e. The van der Waals surface area contributed by atoms with Gasteiger partial charge in [-0.1, -0.05) is 38.8 Å². The summed E-state index contributed by atoms with van der Waals surface area (Å²) in [5, 5.41) is 11.0. The van der Waals surface area contributed by atoms with Crippen LogP contribution in [0.5, 0.6) is 0 Å². The lowest BCUT2D eigenvalue weighted by Gasteiger charge is -2.58. The van der Waals surface area contributed by atoms with Gasteiger partial charge in [0.25, 0.3) is 0 Å². The molecule has 1 fully saturated rings. The number of allylic oxidation sites excluding steroid dienone is 1. The van der Waals surface area contributed by atoms with Gasteiger partial charge in [-0.25, -0.2) is 0 Å². The molecule has 3 rings (SSSR count). The van der Waals surface area contributed by atoms with Crippen molar-refractivity contribution < 1.29 is 9.84 Å². The van der Waals surface area contributed by atoms with Crippen molar-refractivity contribution in [1.29, 1.82) is 0 Å². The summed E-state index contributed by atoms with van der Waals surface area (Å²) in [7, 11) is 1.81. The van der Waals surface area contributed by atoms with Crippen molar-refractivity contribution in [3.63, 3.8) is 0 Å². The Balaban J connectivity index is 2.08. The first-order valence-electron chi connectivity index (χ1n) is 8.91. The quantitative estimate of drug-likeness (QED) is 0.762. The maximum atomic E-state index is 11.0. The van der Waals surface area contributed by atoms with Crippen LogP contribution in [0.25, 0.3) is 0 Å². The summed E-state index contributed by atoms with van der Waals surface area (Å²) in [6.45, 7) is 11.1. The van der Waals surface area contributed by atoms with Crippen molar-refractivity contribution in [2.45, 2.75) is 71.5 Å². The van der Waals surface area contributed by atoms with E-state index in [2.05, 4.69) is 27.4 Å². The smallest absolute Gasteiger partial charge is 0.0847 e. The highest BCUT2D eigenvalue weighted by atomic mass is 16.5. The molecule has 0 aromatic carbocycles. The normalized spacial score (nSPS) is 44.2. The standard InChI is InChI=1S/C20H32O2/c1-6-13-8-9-15-14(17(13)22-5)12-16(21)18-19(2,3)10-7-11-20(15,18)4/h6,13,16-18,21H,1,7-12H2,2-5H3/t13-,16+,17+,18+,20-/m0/s1. The summed E-state index contributed by atoms with van der Waals surface area (Å²) >= 11 is 0. The molecule has 0 saturated heterocycles. The molecule has 0 radical (unpaired) electrons. The van der Waals surface area contributed by atoms with E-state index in [9.17, 15) is 5.11 Å². The first-order valence-corrected chi connectivity index (χ1v) is 8.91. The number of ether oxygens (including phenoxy) is 1. The predicted molar refractivity (Wildman–Crippen MR) is 90.6 cm³/mol. The van der Waals surface area contributed by atoms with Crippen LogP contribution in [0.3, 0.4) is 0 Å². The van der Waals surface area contributed by atoms with Gasteiger partial charge in [0.15, 0.2) is 0 Å². The molecule has 22 heavy (non-hydrogen) atoms. The Kier molecular flexibility index (Phi) is 4.06. The zero-order chi connectivity index (χ0) is 16.1. The third-order valence-corrected chi connectivity index (χ3v) is 6.95. The van der Waals surface area contributed by atoms with E-state index >= 15 is 0 Å². The Bertz CT molecular complexity index is 490. The number of hydrogen-bond donors (Lipinski definition) is 1. The molecule has 0 amide bonds. The lowest BCUT2D eigenvalue weighted by molar-refractivity contribution is -0.0827. The summed E-state index contributed by atoms with van der Waals surface area (Å²) in [6, 6.07) is 0. The molecule has 2 heteroatoms. The van der Waals surface area contributed by atoms with Gasteiger partial charge >= 0.3 is 0 Å². The van der Waals surface area contributed by atoms with Crippen molar-refractivity contribution in [1.82, 2.24) is 0 Å². The van der Waals surface area contributed by atoms with Crippen LogP contribution in [-0.4, -0.2) is 24.4 Å². The average molecular weight is 304 g/mol. The van der Waals surface area contributed by atoms with Gasteiger partial charge in [0.1, 0.15) is 0 Å². The number of methoxy groups -OCH3 is 1. The van der Waals surface area contributed by atoms with Crippen LogP contribution < -0.4 is 0 Å². The van der Waals surface area contributed by atoms with Crippen LogP contribution in [0.4, 0.5) is 0 Å². The molecule has 2 nitrogen and oxygen atoms in total. The van der Waals surface area contributed by atoms with Gasteiger partial charge in [-0.3, -0.25) is 0 Å². The van der Waals surface area contributed by atoms with Crippen molar-refractivity contribution in [2.24, 2.45) is 22.7 Å². The Morgan fingerprint density at radius 3 is 2.64 bits per heavy atom. The van der Waals surface area contributed by atoms with Crippen LogP contribution in [0, 0.1) is 22.7 Å². The van der Waals surface area contributed by atoms with Crippen molar-refractivity contribution in [2.75, 3.05) is 7.11 Å². The van der Waals surface area contributed by atoms with E-state index in [1.165, 1.54) is 24.8 Å². The van der Waals surface area contributed by atoms with E-state index < -0.39 is 0 Å². The summed E-state index contributed by atoms with van der Waals surface area (Å²) < 4.78 is 5.85. The van der Waals surface area contributed by atoms with Gasteiger partial charge < -0.3 is 9.84 Å². The molecule has 0 aromatic rings. The molecule has 3 aliphatic carbocycles. The maximum absolute atomic E-state index is 11.0. The zero-order valence-corrected chi connectivity index (χ0v) is 14.7. The number of aliphatic hydroxyl groups excluding tert-OH is 1. The highest BCUT2D eigenvalue weighted by Crippen LogP contribution is 2.62. The molecule has 1 saturated carbocycles. The fourth-order valence-corrected chi connectivity index (χ4v) is 6.22. The molecule has 0 bridgehead atoms. The molecule has 0 spiro atoms. The van der Waals surface area contributed by atoms with Gasteiger partial charge in [0.05, 0.1) is 12.2 Å². The van der Waals surface area contributed by atoms with Crippen LogP contribution in [0.2, 0.25) is 0 Å². The molecule has 0 unspecified atom stereocenters. The summed E-state index contributed by atoms with van der Waals surface area (Å²) in [6.07, 6.45) is 8.74. The van der Waals surface area contributed by atoms with E-state index in [1.54, 1.807) is 5.57 Å². The molecule has 124 valence electrons. The van der Waals surface area contributed by atoms with Crippen molar-refractivity contribution in [3.05, 3.63) is 23.8 Å². The maximum Gasteiger partial charge on any atom is 0.0847 e. The fraction of sp³-hybridized carbons (Fsp3) is 0.800. The Morgan fingerprint density at radius 2 is 2.00 bits per heavy atom. The van der Waals surface area contributed by atoms with Gasteiger partial charge in [-0.15, -0.1) is 6.58 Å². The molecular formula is C20H32O2. The molecule has 5 atom stereocenters. The van der Waals surface area contributed by atoms with Crippen LogP contribution >= 0.6 is 0 Å². The molecule has 3 aliphatic rings. The number of rotatable bonds is 2. The number of aliphatic hydroxyl groups is 1. The molecule has 0 heterocycles. The predicted octanol–water partition coefficient (Wildman–Crippen LogP) is 4.49. The first-order chi connectivity index (χ1) is 10.3. The van der Waals surface area contributed by atoms with Gasteiger partial charge in [0, 0.05) is 13.0 Å². The fourth-order valence-electron chi connectivity index (χ4n) is 6.22. The van der Waals surface area contributed by atoms with E-state index in [4.69, 9.17) is 4.74 Å². The second-order valence-corrected chi connectivity index (χ2v) is 8.61. The number of hydrogen-bond acceptors (Lipinski definition) is 2. The van der Waals surface area contributed by atoms with Gasteiger partial charge in [-0.05, 0) is 54.4 Å². The Morgan fingerprint density at radius 1 is 1.27 bits per heavy atom. The van der Waals surface area contributed by atoms with E-state index in [1.807, 2.05) is 13.2 Å². The van der Waals surface area contributed by atoms with Gasteiger partial charge in [0.2, 0.25) is 0 Å². The van der Waals surface area contributed by atoms with E-state index in [-0.39, 0.29) is 23.0 Å².